The average molecular weight is 326 g/mol. The van der Waals surface area contributed by atoms with Crippen molar-refractivity contribution in [3.05, 3.63) is 58.3 Å². The molecule has 1 aliphatic rings. The van der Waals surface area contributed by atoms with Gasteiger partial charge in [0.25, 0.3) is 5.91 Å². The number of carbonyl (C=O) groups is 2. The van der Waals surface area contributed by atoms with Gasteiger partial charge in [-0.15, -0.1) is 11.3 Å². The molecule has 3 rings (SSSR count). The second-order valence-corrected chi connectivity index (χ2v) is 5.80. The van der Waals surface area contributed by atoms with E-state index in [0.717, 1.165) is 4.88 Å². The maximum Gasteiger partial charge on any atom is 0.311 e. The minimum Gasteiger partial charge on any atom is -0.469 e. The lowest BCUT2D eigenvalue weighted by atomic mass is 10.1. The van der Waals surface area contributed by atoms with E-state index in [1.54, 1.807) is 18.2 Å². The van der Waals surface area contributed by atoms with Crippen LogP contribution in [0.2, 0.25) is 0 Å². The summed E-state index contributed by atoms with van der Waals surface area (Å²) in [4.78, 5) is 25.2. The first kappa shape index (κ1) is 15.2. The van der Waals surface area contributed by atoms with Gasteiger partial charge < -0.3 is 4.74 Å². The maximum absolute atomic E-state index is 12.7. The van der Waals surface area contributed by atoms with Gasteiger partial charge in [0.2, 0.25) is 0 Å². The zero-order valence-electron chi connectivity index (χ0n) is 12.4. The monoisotopic (exact) mass is 326 g/mol. The second-order valence-electron chi connectivity index (χ2n) is 4.83. The fourth-order valence-corrected chi connectivity index (χ4v) is 2.86. The standard InChI is InChI=1S/C17H14N2O3S/c1-22-16(20)11-15-14(10-13-8-5-9-23-13)17(21)19(18-15)12-6-3-2-4-7-12/h2-10H,11H2,1H3. The summed E-state index contributed by atoms with van der Waals surface area (Å²) in [6, 6.07) is 12.9. The Kier molecular flexibility index (Phi) is 4.34. The third kappa shape index (κ3) is 3.22. The number of esters is 1. The molecule has 5 nitrogen and oxygen atoms in total. The molecular formula is C17H14N2O3S. The Hall–Kier alpha value is -2.73. The highest BCUT2D eigenvalue weighted by Crippen LogP contribution is 2.27. The quantitative estimate of drug-likeness (QED) is 0.641. The molecule has 1 aliphatic heterocycles. The Balaban J connectivity index is 1.99. The molecule has 0 spiro atoms. The third-order valence-corrected chi connectivity index (χ3v) is 4.14. The normalized spacial score (nSPS) is 15.9. The maximum atomic E-state index is 12.7. The van der Waals surface area contributed by atoms with Gasteiger partial charge >= 0.3 is 5.97 Å². The molecule has 0 N–H and O–H groups in total. The van der Waals surface area contributed by atoms with E-state index < -0.39 is 5.97 Å². The summed E-state index contributed by atoms with van der Waals surface area (Å²) in [5, 5.41) is 7.57. The smallest absolute Gasteiger partial charge is 0.311 e. The van der Waals surface area contributed by atoms with Gasteiger partial charge in [0.1, 0.15) is 0 Å². The molecule has 116 valence electrons. The summed E-state index contributed by atoms with van der Waals surface area (Å²) in [7, 11) is 1.32. The average Bonchev–Trinajstić information content (AvgIpc) is 3.19. The molecule has 1 amide bonds. The summed E-state index contributed by atoms with van der Waals surface area (Å²) in [6.07, 6.45) is 1.72. The number of anilines is 1. The van der Waals surface area contributed by atoms with Gasteiger partial charge in [-0.05, 0) is 29.7 Å². The Labute approximate surface area is 137 Å². The second kappa shape index (κ2) is 6.58. The number of rotatable bonds is 4. The number of amides is 1. The molecule has 0 radical (unpaired) electrons. The van der Waals surface area contributed by atoms with E-state index in [-0.39, 0.29) is 12.3 Å². The highest BCUT2D eigenvalue weighted by molar-refractivity contribution is 7.10. The molecule has 2 aromatic rings. The van der Waals surface area contributed by atoms with Crippen LogP contribution in [0.25, 0.3) is 6.08 Å². The summed E-state index contributed by atoms with van der Waals surface area (Å²) in [6.45, 7) is 0. The van der Waals surface area contributed by atoms with Crippen molar-refractivity contribution in [2.75, 3.05) is 12.1 Å². The van der Waals surface area contributed by atoms with Crippen molar-refractivity contribution in [2.45, 2.75) is 6.42 Å². The van der Waals surface area contributed by atoms with Gasteiger partial charge in [0, 0.05) is 4.88 Å². The lowest BCUT2D eigenvalue weighted by Crippen LogP contribution is -2.21. The van der Waals surface area contributed by atoms with Crippen LogP contribution in [0.4, 0.5) is 5.69 Å². The summed E-state index contributed by atoms with van der Waals surface area (Å²) in [5.41, 5.74) is 1.50. The molecular weight excluding hydrogens is 312 g/mol. The van der Waals surface area contributed by atoms with Gasteiger partial charge in [-0.3, -0.25) is 9.59 Å². The van der Waals surface area contributed by atoms with E-state index in [2.05, 4.69) is 5.10 Å². The zero-order chi connectivity index (χ0) is 16.2. The summed E-state index contributed by atoms with van der Waals surface area (Å²) in [5.74, 6) is -0.674. The molecule has 0 atom stereocenters. The van der Waals surface area contributed by atoms with Gasteiger partial charge in [-0.25, -0.2) is 0 Å². The highest BCUT2D eigenvalue weighted by Gasteiger charge is 2.32. The fraction of sp³-hybridized carbons (Fsp3) is 0.118. The number of hydrogen-bond acceptors (Lipinski definition) is 5. The van der Waals surface area contributed by atoms with Gasteiger partial charge in [0.15, 0.2) is 0 Å². The van der Waals surface area contributed by atoms with Crippen LogP contribution in [-0.2, 0) is 14.3 Å². The molecule has 1 aromatic carbocycles. The van der Waals surface area contributed by atoms with E-state index in [1.165, 1.54) is 23.5 Å². The Bertz CT molecular complexity index is 779. The minimum atomic E-state index is -0.427. The van der Waals surface area contributed by atoms with Crippen LogP contribution in [0.3, 0.4) is 0 Å². The van der Waals surface area contributed by atoms with Crippen molar-refractivity contribution in [2.24, 2.45) is 5.10 Å². The van der Waals surface area contributed by atoms with Crippen LogP contribution < -0.4 is 5.01 Å². The predicted molar refractivity (Wildman–Crippen MR) is 90.3 cm³/mol. The first-order valence-electron chi connectivity index (χ1n) is 6.98. The van der Waals surface area contributed by atoms with E-state index in [1.807, 2.05) is 35.7 Å². The highest BCUT2D eigenvalue weighted by atomic mass is 32.1. The van der Waals surface area contributed by atoms with Crippen molar-refractivity contribution >= 4 is 40.7 Å². The fourth-order valence-electron chi connectivity index (χ4n) is 2.20. The molecule has 6 heteroatoms. The number of thiophene rings is 1. The number of ether oxygens (including phenoxy) is 1. The van der Waals surface area contributed by atoms with E-state index >= 15 is 0 Å². The van der Waals surface area contributed by atoms with Gasteiger partial charge in [0.05, 0.1) is 30.5 Å². The van der Waals surface area contributed by atoms with Gasteiger partial charge in [-0.2, -0.15) is 10.1 Å². The summed E-state index contributed by atoms with van der Waals surface area (Å²) < 4.78 is 4.70. The lowest BCUT2D eigenvalue weighted by Gasteiger charge is -2.10. The van der Waals surface area contributed by atoms with Crippen molar-refractivity contribution in [3.8, 4) is 0 Å². The van der Waals surface area contributed by atoms with Crippen LogP contribution in [-0.4, -0.2) is 24.7 Å². The number of para-hydroxylation sites is 1. The molecule has 0 saturated carbocycles. The van der Waals surface area contributed by atoms with Crippen LogP contribution in [0, 0.1) is 0 Å². The summed E-state index contributed by atoms with van der Waals surface area (Å²) >= 11 is 1.52. The van der Waals surface area contributed by atoms with Crippen LogP contribution in [0.15, 0.2) is 58.5 Å². The molecule has 1 aromatic heterocycles. The Morgan fingerprint density at radius 3 is 2.70 bits per heavy atom. The van der Waals surface area contributed by atoms with Crippen molar-refractivity contribution in [1.82, 2.24) is 0 Å². The van der Waals surface area contributed by atoms with E-state index in [4.69, 9.17) is 4.74 Å². The van der Waals surface area contributed by atoms with E-state index in [0.29, 0.717) is 17.0 Å². The van der Waals surface area contributed by atoms with Crippen molar-refractivity contribution < 1.29 is 14.3 Å². The van der Waals surface area contributed by atoms with Crippen LogP contribution in [0.1, 0.15) is 11.3 Å². The molecule has 0 bridgehead atoms. The third-order valence-electron chi connectivity index (χ3n) is 3.32. The molecule has 0 aliphatic carbocycles. The first-order valence-corrected chi connectivity index (χ1v) is 7.86. The minimum absolute atomic E-state index is 0.0389. The molecule has 0 unspecified atom stereocenters. The Morgan fingerprint density at radius 2 is 2.04 bits per heavy atom. The first-order chi connectivity index (χ1) is 11.2. The molecule has 0 saturated heterocycles. The van der Waals surface area contributed by atoms with E-state index in [9.17, 15) is 9.59 Å². The Morgan fingerprint density at radius 1 is 1.26 bits per heavy atom. The molecule has 0 fully saturated rings. The molecule has 23 heavy (non-hydrogen) atoms. The number of hydrazone groups is 1. The number of nitrogens with zero attached hydrogens (tertiary/aromatic N) is 2. The molecule has 2 heterocycles. The van der Waals surface area contributed by atoms with Crippen molar-refractivity contribution in [1.29, 1.82) is 0 Å². The van der Waals surface area contributed by atoms with Crippen LogP contribution >= 0.6 is 11.3 Å². The van der Waals surface area contributed by atoms with Gasteiger partial charge in [-0.1, -0.05) is 24.3 Å². The topological polar surface area (TPSA) is 59.0 Å². The number of hydrogen-bond donors (Lipinski definition) is 0. The SMILES string of the molecule is COC(=O)CC1=NN(c2ccccc2)C(=O)C1=Cc1cccs1. The zero-order valence-corrected chi connectivity index (χ0v) is 13.2. The number of methoxy groups -OCH3 is 1. The number of benzene rings is 1. The largest absolute Gasteiger partial charge is 0.469 e. The van der Waals surface area contributed by atoms with Crippen LogP contribution in [0.5, 0.6) is 0 Å². The predicted octanol–water partition coefficient (Wildman–Crippen LogP) is 3.10. The number of carbonyl (C=O) groups excluding carboxylic acids is 2. The van der Waals surface area contributed by atoms with Crippen molar-refractivity contribution in [3.63, 3.8) is 0 Å². The lowest BCUT2D eigenvalue weighted by molar-refractivity contribution is -0.139.